The van der Waals surface area contributed by atoms with Gasteiger partial charge >= 0.3 is 12.0 Å². The zero-order valence-corrected chi connectivity index (χ0v) is 12.7. The van der Waals surface area contributed by atoms with Crippen LogP contribution in [-0.4, -0.2) is 56.3 Å². The number of aliphatic carboxylic acids is 1. The van der Waals surface area contributed by atoms with Crippen LogP contribution in [0.2, 0.25) is 0 Å². The number of hydrogen-bond acceptors (Lipinski definition) is 3. The second kappa shape index (κ2) is 5.48. The summed E-state index contributed by atoms with van der Waals surface area (Å²) in [4.78, 5) is 25.0. The van der Waals surface area contributed by atoms with Crippen LogP contribution in [0.25, 0.3) is 0 Å². The molecule has 1 aliphatic heterocycles. The lowest BCUT2D eigenvalue weighted by Crippen LogP contribution is -2.60. The first kappa shape index (κ1) is 15.9. The molecule has 0 saturated carbocycles. The molecule has 1 saturated heterocycles. The quantitative estimate of drug-likeness (QED) is 0.799. The van der Waals surface area contributed by atoms with Gasteiger partial charge in [-0.1, -0.05) is 0 Å². The highest BCUT2D eigenvalue weighted by Gasteiger charge is 2.45. The molecule has 110 valence electrons. The van der Waals surface area contributed by atoms with E-state index in [1.807, 2.05) is 0 Å². The maximum absolute atomic E-state index is 12.1. The summed E-state index contributed by atoms with van der Waals surface area (Å²) in [7, 11) is -0.841. The average molecular weight is 290 g/mol. The van der Waals surface area contributed by atoms with Gasteiger partial charge in [0.15, 0.2) is 0 Å². The number of carboxylic acids is 1. The number of hydrogen-bond donors (Lipinski definition) is 2. The van der Waals surface area contributed by atoms with Crippen molar-refractivity contribution < 1.29 is 18.9 Å². The Morgan fingerprint density at radius 3 is 2.05 bits per heavy atom. The molecule has 1 aliphatic rings. The van der Waals surface area contributed by atoms with Gasteiger partial charge in [0.1, 0.15) is 0 Å². The molecule has 0 atom stereocenters. The lowest BCUT2D eigenvalue weighted by molar-refractivity contribution is -0.150. The first-order valence-electron chi connectivity index (χ1n) is 6.23. The van der Waals surface area contributed by atoms with Crippen molar-refractivity contribution in [3.8, 4) is 0 Å². The summed E-state index contributed by atoms with van der Waals surface area (Å²) in [6.07, 6.45) is 0. The van der Waals surface area contributed by atoms with E-state index in [1.165, 1.54) is 0 Å². The fraction of sp³-hybridized carbons (Fsp3) is 0.833. The van der Waals surface area contributed by atoms with E-state index in [2.05, 4.69) is 5.32 Å². The molecule has 1 fully saturated rings. The lowest BCUT2D eigenvalue weighted by Gasteiger charge is -2.40. The van der Waals surface area contributed by atoms with E-state index in [4.69, 9.17) is 0 Å². The van der Waals surface area contributed by atoms with Crippen LogP contribution in [0.4, 0.5) is 4.79 Å². The third-order valence-electron chi connectivity index (χ3n) is 3.98. The van der Waals surface area contributed by atoms with Gasteiger partial charge in [-0.05, 0) is 27.7 Å². The van der Waals surface area contributed by atoms with Crippen LogP contribution in [0, 0.1) is 5.41 Å². The number of nitrogens with zero attached hydrogens (tertiary/aromatic N) is 1. The van der Waals surface area contributed by atoms with Gasteiger partial charge in [0, 0.05) is 35.4 Å². The Hall–Kier alpha value is -1.11. The van der Waals surface area contributed by atoms with Crippen LogP contribution in [0.3, 0.4) is 0 Å². The molecule has 0 aliphatic carbocycles. The molecule has 0 radical (unpaired) electrons. The van der Waals surface area contributed by atoms with Crippen LogP contribution in [0.5, 0.6) is 0 Å². The van der Waals surface area contributed by atoms with Gasteiger partial charge < -0.3 is 15.3 Å². The Morgan fingerprint density at radius 2 is 1.63 bits per heavy atom. The number of rotatable bonds is 3. The standard InChI is InChI=1S/C12H22N2O4S/c1-11(2,9(15)16)12(3,4)13-10(17)14-5-7-19(18)8-6-14/h5-8H2,1-4H3,(H,13,17)(H,15,16). The summed E-state index contributed by atoms with van der Waals surface area (Å²) in [5.74, 6) is 0.00402. The number of carboxylic acid groups (broad SMARTS) is 1. The minimum absolute atomic E-state index is 0.295. The summed E-state index contributed by atoms with van der Waals surface area (Å²) in [6, 6.07) is -0.295. The molecule has 6 nitrogen and oxygen atoms in total. The molecule has 19 heavy (non-hydrogen) atoms. The van der Waals surface area contributed by atoms with Crippen molar-refractivity contribution >= 4 is 22.8 Å². The van der Waals surface area contributed by atoms with Crippen LogP contribution in [0.1, 0.15) is 27.7 Å². The molecule has 0 spiro atoms. The topological polar surface area (TPSA) is 86.7 Å². The zero-order valence-electron chi connectivity index (χ0n) is 11.9. The number of nitrogens with one attached hydrogen (secondary N) is 1. The Kier molecular flexibility index (Phi) is 4.60. The fourth-order valence-corrected chi connectivity index (χ4v) is 2.66. The third-order valence-corrected chi connectivity index (χ3v) is 5.26. The van der Waals surface area contributed by atoms with Crippen molar-refractivity contribution in [3.05, 3.63) is 0 Å². The van der Waals surface area contributed by atoms with E-state index in [1.54, 1.807) is 32.6 Å². The highest BCUT2D eigenvalue weighted by molar-refractivity contribution is 7.85. The second-order valence-corrected chi connectivity index (χ2v) is 7.52. The minimum Gasteiger partial charge on any atom is -0.481 e. The third kappa shape index (κ3) is 3.46. The van der Waals surface area contributed by atoms with Gasteiger partial charge in [0.25, 0.3) is 0 Å². The fourth-order valence-electron chi connectivity index (χ4n) is 1.61. The molecule has 0 aromatic rings. The monoisotopic (exact) mass is 290 g/mol. The van der Waals surface area contributed by atoms with E-state index >= 15 is 0 Å². The molecule has 7 heteroatoms. The van der Waals surface area contributed by atoms with Crippen molar-refractivity contribution in [2.24, 2.45) is 5.41 Å². The summed E-state index contributed by atoms with van der Waals surface area (Å²) in [5, 5.41) is 12.0. The summed E-state index contributed by atoms with van der Waals surface area (Å²) in [6.45, 7) is 7.45. The zero-order chi connectivity index (χ0) is 14.8. The Morgan fingerprint density at radius 1 is 1.16 bits per heavy atom. The summed E-state index contributed by atoms with van der Waals surface area (Å²) < 4.78 is 11.2. The molecule has 0 unspecified atom stereocenters. The predicted octanol–water partition coefficient (Wildman–Crippen LogP) is 0.650. The van der Waals surface area contributed by atoms with Crippen molar-refractivity contribution in [3.63, 3.8) is 0 Å². The van der Waals surface area contributed by atoms with Crippen molar-refractivity contribution in [2.45, 2.75) is 33.2 Å². The van der Waals surface area contributed by atoms with Crippen molar-refractivity contribution in [1.82, 2.24) is 10.2 Å². The normalized spacial score (nSPS) is 18.2. The van der Waals surface area contributed by atoms with Gasteiger partial charge in [0.05, 0.1) is 11.0 Å². The first-order chi connectivity index (χ1) is 8.58. The van der Waals surface area contributed by atoms with E-state index < -0.39 is 27.7 Å². The van der Waals surface area contributed by atoms with E-state index in [9.17, 15) is 18.9 Å². The Labute approximate surface area is 116 Å². The van der Waals surface area contributed by atoms with Gasteiger partial charge in [-0.2, -0.15) is 0 Å². The molecule has 1 rings (SSSR count). The highest BCUT2D eigenvalue weighted by atomic mass is 32.2. The Balaban J connectivity index is 2.70. The van der Waals surface area contributed by atoms with Gasteiger partial charge in [-0.15, -0.1) is 0 Å². The average Bonchev–Trinajstić information content (AvgIpc) is 2.28. The molecule has 1 heterocycles. The predicted molar refractivity (Wildman–Crippen MR) is 73.5 cm³/mol. The first-order valence-corrected chi connectivity index (χ1v) is 7.72. The molecular weight excluding hydrogens is 268 g/mol. The minimum atomic E-state index is -1.08. The number of amides is 2. The van der Waals surface area contributed by atoms with E-state index in [0.717, 1.165) is 0 Å². The van der Waals surface area contributed by atoms with Crippen LogP contribution in [0.15, 0.2) is 0 Å². The molecule has 2 amide bonds. The van der Waals surface area contributed by atoms with Gasteiger partial charge in [0.2, 0.25) is 0 Å². The van der Waals surface area contributed by atoms with Gasteiger partial charge in [-0.3, -0.25) is 9.00 Å². The summed E-state index contributed by atoms with van der Waals surface area (Å²) >= 11 is 0. The number of urea groups is 1. The highest BCUT2D eigenvalue weighted by Crippen LogP contribution is 2.30. The largest absolute Gasteiger partial charge is 0.481 e. The summed E-state index contributed by atoms with van der Waals surface area (Å²) in [5.41, 5.74) is -1.96. The van der Waals surface area contributed by atoms with E-state index in [-0.39, 0.29) is 6.03 Å². The molecule has 0 aromatic heterocycles. The maximum atomic E-state index is 12.1. The lowest BCUT2D eigenvalue weighted by atomic mass is 9.74. The Bertz CT molecular complexity index is 397. The maximum Gasteiger partial charge on any atom is 0.317 e. The van der Waals surface area contributed by atoms with Crippen LogP contribution >= 0.6 is 0 Å². The molecule has 2 N–H and O–H groups in total. The molecule has 0 bridgehead atoms. The smallest absolute Gasteiger partial charge is 0.317 e. The SMILES string of the molecule is CC(C)(NC(=O)N1CCS(=O)CC1)C(C)(C)C(=O)O. The molecule has 0 aromatic carbocycles. The van der Waals surface area contributed by atoms with Crippen LogP contribution in [-0.2, 0) is 15.6 Å². The van der Waals surface area contributed by atoms with Crippen molar-refractivity contribution in [1.29, 1.82) is 0 Å². The molecular formula is C12H22N2O4S. The number of carbonyl (C=O) groups excluding carboxylic acids is 1. The number of carbonyl (C=O) groups is 2. The van der Waals surface area contributed by atoms with Crippen LogP contribution < -0.4 is 5.32 Å². The van der Waals surface area contributed by atoms with Crippen molar-refractivity contribution in [2.75, 3.05) is 24.6 Å². The van der Waals surface area contributed by atoms with E-state index in [0.29, 0.717) is 24.6 Å². The van der Waals surface area contributed by atoms with Gasteiger partial charge in [-0.25, -0.2) is 4.79 Å². The second-order valence-electron chi connectivity index (χ2n) is 5.82.